The lowest BCUT2D eigenvalue weighted by Gasteiger charge is -2.24. The van der Waals surface area contributed by atoms with E-state index in [0.29, 0.717) is 11.5 Å². The fourth-order valence-corrected chi connectivity index (χ4v) is 2.02. The van der Waals surface area contributed by atoms with Gasteiger partial charge in [-0.2, -0.15) is 10.8 Å². The van der Waals surface area contributed by atoms with Gasteiger partial charge < -0.3 is 9.73 Å². The predicted octanol–water partition coefficient (Wildman–Crippen LogP) is 2.83. The molecule has 0 aliphatic heterocycles. The van der Waals surface area contributed by atoms with Crippen LogP contribution in [0.5, 0.6) is 11.5 Å². The molecule has 2 N–H and O–H groups in total. The smallest absolute Gasteiger partial charge is 0.165 e. The number of benzene rings is 1. The summed E-state index contributed by atoms with van der Waals surface area (Å²) in [5.74, 6) is 7.12. The van der Waals surface area contributed by atoms with E-state index < -0.39 is 0 Å². The van der Waals surface area contributed by atoms with Crippen LogP contribution in [0.4, 0.5) is 0 Å². The Kier molecular flexibility index (Phi) is 4.23. The lowest BCUT2D eigenvalue weighted by molar-refractivity contribution is -0.252. The Morgan fingerprint density at radius 3 is 2.18 bits per heavy atom. The highest BCUT2D eigenvalue weighted by atomic mass is 17.2. The highest BCUT2D eigenvalue weighted by Gasteiger charge is 2.19. The summed E-state index contributed by atoms with van der Waals surface area (Å²) in [6, 6.07) is 7.02. The normalized spacial score (nSPS) is 24.4. The second-order valence-electron chi connectivity index (χ2n) is 4.65. The molecule has 1 aliphatic rings. The fourth-order valence-electron chi connectivity index (χ4n) is 2.02. The van der Waals surface area contributed by atoms with E-state index in [1.54, 1.807) is 24.3 Å². The van der Waals surface area contributed by atoms with Crippen molar-refractivity contribution in [2.75, 3.05) is 0 Å². The van der Waals surface area contributed by atoms with Crippen LogP contribution in [-0.2, 0) is 4.89 Å². The summed E-state index contributed by atoms with van der Waals surface area (Å²) in [5, 5.41) is 0. The molecule has 4 nitrogen and oxygen atoms in total. The predicted molar refractivity (Wildman–Crippen MR) is 64.4 cm³/mol. The monoisotopic (exact) mass is 237 g/mol. The van der Waals surface area contributed by atoms with Crippen LogP contribution in [0.3, 0.4) is 0 Å². The van der Waals surface area contributed by atoms with Crippen LogP contribution >= 0.6 is 0 Å². The van der Waals surface area contributed by atoms with Crippen molar-refractivity contribution < 1.29 is 14.6 Å². The topological polar surface area (TPSA) is 53.7 Å². The summed E-state index contributed by atoms with van der Waals surface area (Å²) in [6.07, 6.45) is 4.80. The first kappa shape index (κ1) is 12.2. The summed E-state index contributed by atoms with van der Waals surface area (Å²) in [5.41, 5.74) is 0. The Morgan fingerprint density at radius 1 is 1.00 bits per heavy atom. The van der Waals surface area contributed by atoms with Crippen LogP contribution in [-0.4, -0.2) is 6.10 Å². The van der Waals surface area contributed by atoms with Gasteiger partial charge in [-0.1, -0.05) is 6.92 Å². The zero-order valence-corrected chi connectivity index (χ0v) is 10.1. The summed E-state index contributed by atoms with van der Waals surface area (Å²) >= 11 is 0. The van der Waals surface area contributed by atoms with Crippen molar-refractivity contribution in [1.82, 2.24) is 0 Å². The molecule has 0 radical (unpaired) electrons. The second-order valence-corrected chi connectivity index (χ2v) is 4.65. The summed E-state index contributed by atoms with van der Waals surface area (Å²) < 4.78 is 0. The summed E-state index contributed by atoms with van der Waals surface area (Å²) in [6.45, 7) is 2.28. The highest BCUT2D eigenvalue weighted by Crippen LogP contribution is 2.26. The average Bonchev–Trinajstić information content (AvgIpc) is 2.39. The van der Waals surface area contributed by atoms with Gasteiger partial charge in [-0.15, -0.1) is 0 Å². The van der Waals surface area contributed by atoms with E-state index >= 15 is 0 Å². The van der Waals surface area contributed by atoms with Gasteiger partial charge in [-0.05, 0) is 55.9 Å². The lowest BCUT2D eigenvalue weighted by Crippen LogP contribution is -2.21. The molecule has 1 aromatic carbocycles. The third kappa shape index (κ3) is 3.61. The lowest BCUT2D eigenvalue weighted by atomic mass is 9.89. The molecule has 1 fully saturated rings. The molecule has 0 bridgehead atoms. The molecule has 4 heteroatoms. The molecule has 0 heterocycles. The van der Waals surface area contributed by atoms with Gasteiger partial charge in [0, 0.05) is 0 Å². The maximum atomic E-state index is 5.42. The molecule has 0 amide bonds. The van der Waals surface area contributed by atoms with E-state index in [2.05, 4.69) is 11.8 Å². The van der Waals surface area contributed by atoms with E-state index in [-0.39, 0.29) is 6.10 Å². The maximum absolute atomic E-state index is 5.42. The van der Waals surface area contributed by atoms with Gasteiger partial charge in [-0.3, -0.25) is 0 Å². The van der Waals surface area contributed by atoms with Crippen molar-refractivity contribution in [1.29, 1.82) is 0 Å². The van der Waals surface area contributed by atoms with Gasteiger partial charge in [0.1, 0.15) is 11.9 Å². The van der Waals surface area contributed by atoms with Crippen LogP contribution in [0, 0.1) is 5.92 Å². The van der Waals surface area contributed by atoms with E-state index in [9.17, 15) is 0 Å². The van der Waals surface area contributed by atoms with Crippen LogP contribution in [0.25, 0.3) is 0 Å². The Bertz CT molecular complexity index is 331. The maximum Gasteiger partial charge on any atom is 0.165 e. The van der Waals surface area contributed by atoms with Gasteiger partial charge in [-0.25, -0.2) is 0 Å². The van der Waals surface area contributed by atoms with Gasteiger partial charge in [0.05, 0.1) is 0 Å². The molecule has 1 aromatic rings. The SMILES string of the molecule is CC1CCC(OOc2ccc(ON)cc2)CC1. The van der Waals surface area contributed by atoms with Crippen molar-refractivity contribution in [3.05, 3.63) is 24.3 Å². The molecule has 0 atom stereocenters. The van der Waals surface area contributed by atoms with E-state index in [4.69, 9.17) is 15.7 Å². The molecular weight excluding hydrogens is 218 g/mol. The van der Waals surface area contributed by atoms with E-state index in [1.165, 1.54) is 12.8 Å². The molecule has 0 saturated heterocycles. The Hall–Kier alpha value is -1.26. The molecule has 0 unspecified atom stereocenters. The number of hydrogen-bond donors (Lipinski definition) is 1. The molecule has 1 saturated carbocycles. The number of hydrogen-bond acceptors (Lipinski definition) is 4. The van der Waals surface area contributed by atoms with Gasteiger partial charge >= 0.3 is 0 Å². The van der Waals surface area contributed by atoms with Crippen molar-refractivity contribution in [2.45, 2.75) is 38.7 Å². The van der Waals surface area contributed by atoms with Gasteiger partial charge in [0.2, 0.25) is 0 Å². The van der Waals surface area contributed by atoms with Gasteiger partial charge in [0.25, 0.3) is 0 Å². The molecule has 17 heavy (non-hydrogen) atoms. The minimum atomic E-state index is 0.219. The van der Waals surface area contributed by atoms with Crippen LogP contribution in [0.1, 0.15) is 32.6 Å². The number of nitrogens with two attached hydrogens (primary N) is 1. The standard InChI is InChI=1S/C13H19NO3/c1-10-2-4-12(5-3-10)16-17-13-8-6-11(15-14)7-9-13/h6-10,12H,2-5,14H2,1H3. The Labute approximate surface area is 102 Å². The first-order valence-corrected chi connectivity index (χ1v) is 6.08. The van der Waals surface area contributed by atoms with Gasteiger partial charge in [0.15, 0.2) is 5.75 Å². The number of rotatable bonds is 4. The van der Waals surface area contributed by atoms with E-state index in [1.807, 2.05) is 0 Å². The second kappa shape index (κ2) is 5.89. The van der Waals surface area contributed by atoms with E-state index in [0.717, 1.165) is 18.8 Å². The third-order valence-corrected chi connectivity index (χ3v) is 3.20. The molecule has 2 rings (SSSR count). The molecule has 1 aliphatic carbocycles. The minimum Gasteiger partial charge on any atom is -0.412 e. The zero-order chi connectivity index (χ0) is 12.1. The first-order valence-electron chi connectivity index (χ1n) is 6.08. The third-order valence-electron chi connectivity index (χ3n) is 3.20. The van der Waals surface area contributed by atoms with Crippen LogP contribution in [0.2, 0.25) is 0 Å². The largest absolute Gasteiger partial charge is 0.412 e. The highest BCUT2D eigenvalue weighted by molar-refractivity contribution is 5.30. The zero-order valence-electron chi connectivity index (χ0n) is 10.1. The average molecular weight is 237 g/mol. The van der Waals surface area contributed by atoms with Crippen molar-refractivity contribution in [2.24, 2.45) is 11.8 Å². The summed E-state index contributed by atoms with van der Waals surface area (Å²) in [7, 11) is 0. The van der Waals surface area contributed by atoms with Crippen molar-refractivity contribution in [3.8, 4) is 11.5 Å². The van der Waals surface area contributed by atoms with Crippen molar-refractivity contribution >= 4 is 0 Å². The minimum absolute atomic E-state index is 0.219. The van der Waals surface area contributed by atoms with Crippen LogP contribution in [0.15, 0.2) is 24.3 Å². The summed E-state index contributed by atoms with van der Waals surface area (Å²) in [4.78, 5) is 15.3. The Morgan fingerprint density at radius 2 is 1.59 bits per heavy atom. The fraction of sp³-hybridized carbons (Fsp3) is 0.538. The van der Waals surface area contributed by atoms with Crippen LogP contribution < -0.4 is 15.6 Å². The van der Waals surface area contributed by atoms with Crippen molar-refractivity contribution in [3.63, 3.8) is 0 Å². The molecule has 94 valence electrons. The first-order chi connectivity index (χ1) is 8.28. The molecule has 0 aromatic heterocycles. The molecular formula is C13H19NO3. The molecule has 0 spiro atoms. The quantitative estimate of drug-likeness (QED) is 0.646. The Balaban J connectivity index is 1.77.